The van der Waals surface area contributed by atoms with E-state index in [-0.39, 0.29) is 16.9 Å². The Morgan fingerprint density at radius 2 is 1.78 bits per heavy atom. The van der Waals surface area contributed by atoms with E-state index in [1.807, 2.05) is 20.8 Å². The maximum absolute atomic E-state index is 11.7. The first-order valence-electron chi connectivity index (χ1n) is 7.42. The van der Waals surface area contributed by atoms with Crippen molar-refractivity contribution in [1.82, 2.24) is 20.2 Å². The minimum Gasteiger partial charge on any atom is -0.424 e. The van der Waals surface area contributed by atoms with Gasteiger partial charge in [0.15, 0.2) is 0 Å². The van der Waals surface area contributed by atoms with Crippen molar-refractivity contribution < 1.29 is 12.8 Å². The van der Waals surface area contributed by atoms with Crippen LogP contribution in [0.5, 0.6) is 0 Å². The van der Waals surface area contributed by atoms with Crippen molar-refractivity contribution in [3.05, 3.63) is 41.6 Å². The fraction of sp³-hybridized carbons (Fsp3) is 0.467. The molecule has 2 rings (SSSR count). The molecule has 0 aliphatic rings. The summed E-state index contributed by atoms with van der Waals surface area (Å²) in [6, 6.07) is 6.77. The fourth-order valence-corrected chi connectivity index (χ4v) is 2.71. The summed E-state index contributed by atoms with van der Waals surface area (Å²) in [5.74, 6) is 1.36. The minimum absolute atomic E-state index is 0.0238. The van der Waals surface area contributed by atoms with Crippen LogP contribution in [-0.4, -0.2) is 25.7 Å². The summed E-state index contributed by atoms with van der Waals surface area (Å²) in [5.41, 5.74) is 0.976. The third kappa shape index (κ3) is 4.37. The lowest BCUT2D eigenvalue weighted by Crippen LogP contribution is -2.20. The van der Waals surface area contributed by atoms with Crippen molar-refractivity contribution in [2.24, 2.45) is 0 Å². The van der Waals surface area contributed by atoms with Crippen LogP contribution in [0, 0.1) is 0 Å². The molecule has 1 aromatic carbocycles. The molecule has 8 heteroatoms. The molecule has 126 valence electrons. The van der Waals surface area contributed by atoms with E-state index in [0.717, 1.165) is 5.56 Å². The Balaban J connectivity index is 1.99. The van der Waals surface area contributed by atoms with Crippen LogP contribution in [0.15, 0.2) is 33.6 Å². The largest absolute Gasteiger partial charge is 0.424 e. The van der Waals surface area contributed by atoms with Crippen molar-refractivity contribution in [2.75, 3.05) is 7.05 Å². The van der Waals surface area contributed by atoms with Gasteiger partial charge in [0, 0.05) is 12.0 Å². The number of aromatic nitrogens is 2. The Kier molecular flexibility index (Phi) is 5.51. The number of hydrogen-bond acceptors (Lipinski definition) is 6. The second kappa shape index (κ2) is 7.20. The Morgan fingerprint density at radius 3 is 2.30 bits per heavy atom. The Labute approximate surface area is 136 Å². The summed E-state index contributed by atoms with van der Waals surface area (Å²) in [4.78, 5) is 0.245. The molecule has 0 saturated carbocycles. The molecule has 0 spiro atoms. The van der Waals surface area contributed by atoms with Gasteiger partial charge in [-0.15, -0.1) is 10.2 Å². The van der Waals surface area contributed by atoms with Gasteiger partial charge in [0.1, 0.15) is 0 Å². The second-order valence-corrected chi connectivity index (χ2v) is 7.45. The molecule has 1 unspecified atom stereocenters. The Hall–Kier alpha value is -1.77. The predicted molar refractivity (Wildman–Crippen MR) is 86.3 cm³/mol. The van der Waals surface area contributed by atoms with Crippen LogP contribution in [-0.2, 0) is 16.6 Å². The van der Waals surface area contributed by atoms with Gasteiger partial charge in [0.25, 0.3) is 0 Å². The standard InChI is InChI=1S/C15H22N4O3S/c1-10(2)15-19-18-14(22-15)9-17-11(3)12-5-7-13(8-6-12)23(20,21)16-4/h5-8,10-11,16-17H,9H2,1-4H3. The molecule has 2 N–H and O–H groups in total. The number of benzene rings is 1. The average molecular weight is 338 g/mol. The van der Waals surface area contributed by atoms with Gasteiger partial charge in [-0.25, -0.2) is 13.1 Å². The highest BCUT2D eigenvalue weighted by Crippen LogP contribution is 2.17. The lowest BCUT2D eigenvalue weighted by molar-refractivity contribution is 0.407. The molecule has 1 heterocycles. The highest BCUT2D eigenvalue weighted by Gasteiger charge is 2.13. The third-order valence-corrected chi connectivity index (χ3v) is 4.93. The summed E-state index contributed by atoms with van der Waals surface area (Å²) in [6.45, 7) is 6.43. The van der Waals surface area contributed by atoms with Gasteiger partial charge >= 0.3 is 0 Å². The van der Waals surface area contributed by atoms with Crippen LogP contribution in [0.1, 0.15) is 50.1 Å². The van der Waals surface area contributed by atoms with Crippen molar-refractivity contribution >= 4 is 10.0 Å². The first kappa shape index (κ1) is 17.6. The quantitative estimate of drug-likeness (QED) is 0.801. The smallest absolute Gasteiger partial charge is 0.240 e. The van der Waals surface area contributed by atoms with E-state index in [9.17, 15) is 8.42 Å². The minimum atomic E-state index is -3.41. The summed E-state index contributed by atoms with van der Waals surface area (Å²) >= 11 is 0. The first-order chi connectivity index (χ1) is 10.8. The summed E-state index contributed by atoms with van der Waals surface area (Å²) in [7, 11) is -2.01. The van der Waals surface area contributed by atoms with E-state index in [1.54, 1.807) is 24.3 Å². The summed E-state index contributed by atoms with van der Waals surface area (Å²) < 4.78 is 31.2. The van der Waals surface area contributed by atoms with E-state index in [2.05, 4.69) is 20.2 Å². The fourth-order valence-electron chi connectivity index (χ4n) is 1.98. The van der Waals surface area contributed by atoms with Crippen molar-refractivity contribution in [1.29, 1.82) is 0 Å². The zero-order valence-electron chi connectivity index (χ0n) is 13.7. The third-order valence-electron chi connectivity index (χ3n) is 3.49. The first-order valence-corrected chi connectivity index (χ1v) is 8.91. The van der Waals surface area contributed by atoms with Crippen LogP contribution in [0.4, 0.5) is 0 Å². The molecule has 23 heavy (non-hydrogen) atoms. The molecular formula is C15H22N4O3S. The molecular weight excluding hydrogens is 316 g/mol. The molecule has 0 radical (unpaired) electrons. The average Bonchev–Trinajstić information content (AvgIpc) is 3.02. The van der Waals surface area contributed by atoms with Gasteiger partial charge in [-0.2, -0.15) is 0 Å². The summed E-state index contributed by atoms with van der Waals surface area (Å²) in [5, 5.41) is 11.3. The number of nitrogens with one attached hydrogen (secondary N) is 2. The van der Waals surface area contributed by atoms with Gasteiger partial charge in [-0.1, -0.05) is 26.0 Å². The van der Waals surface area contributed by atoms with Crippen LogP contribution < -0.4 is 10.0 Å². The van der Waals surface area contributed by atoms with E-state index in [4.69, 9.17) is 4.42 Å². The molecule has 1 atom stereocenters. The van der Waals surface area contributed by atoms with Gasteiger partial charge in [-0.3, -0.25) is 0 Å². The van der Waals surface area contributed by atoms with Gasteiger partial charge in [0.05, 0.1) is 11.4 Å². The van der Waals surface area contributed by atoms with Crippen LogP contribution in [0.25, 0.3) is 0 Å². The molecule has 0 fully saturated rings. The number of hydrogen-bond donors (Lipinski definition) is 2. The molecule has 0 amide bonds. The molecule has 0 saturated heterocycles. The summed E-state index contributed by atoms with van der Waals surface area (Å²) in [6.07, 6.45) is 0. The highest BCUT2D eigenvalue weighted by atomic mass is 32.2. The Morgan fingerprint density at radius 1 is 1.13 bits per heavy atom. The highest BCUT2D eigenvalue weighted by molar-refractivity contribution is 7.89. The normalized spacial score (nSPS) is 13.4. The van der Waals surface area contributed by atoms with Gasteiger partial charge in [-0.05, 0) is 31.7 Å². The van der Waals surface area contributed by atoms with Gasteiger partial charge < -0.3 is 9.73 Å². The molecule has 0 bridgehead atoms. The zero-order valence-corrected chi connectivity index (χ0v) is 14.5. The van der Waals surface area contributed by atoms with E-state index in [1.165, 1.54) is 7.05 Å². The molecule has 0 aliphatic heterocycles. The molecule has 7 nitrogen and oxygen atoms in total. The van der Waals surface area contributed by atoms with Crippen molar-refractivity contribution in [3.63, 3.8) is 0 Å². The monoisotopic (exact) mass is 338 g/mol. The SMILES string of the molecule is CNS(=O)(=O)c1ccc(C(C)NCc2nnc(C(C)C)o2)cc1. The second-order valence-electron chi connectivity index (χ2n) is 5.57. The van der Waals surface area contributed by atoms with E-state index in [0.29, 0.717) is 18.3 Å². The maximum atomic E-state index is 11.7. The molecule has 0 aliphatic carbocycles. The molecule has 1 aromatic heterocycles. The number of sulfonamides is 1. The number of nitrogens with zero attached hydrogens (tertiary/aromatic N) is 2. The maximum Gasteiger partial charge on any atom is 0.240 e. The van der Waals surface area contributed by atoms with Crippen LogP contribution >= 0.6 is 0 Å². The van der Waals surface area contributed by atoms with E-state index < -0.39 is 10.0 Å². The van der Waals surface area contributed by atoms with Crippen molar-refractivity contribution in [2.45, 2.75) is 44.2 Å². The number of rotatable bonds is 7. The zero-order chi connectivity index (χ0) is 17.0. The Bertz CT molecular complexity index is 738. The topological polar surface area (TPSA) is 97.1 Å². The van der Waals surface area contributed by atoms with Gasteiger partial charge in [0.2, 0.25) is 21.8 Å². The van der Waals surface area contributed by atoms with E-state index >= 15 is 0 Å². The van der Waals surface area contributed by atoms with Crippen LogP contribution in [0.3, 0.4) is 0 Å². The lowest BCUT2D eigenvalue weighted by atomic mass is 10.1. The van der Waals surface area contributed by atoms with Crippen molar-refractivity contribution in [3.8, 4) is 0 Å². The molecule has 2 aromatic rings. The van der Waals surface area contributed by atoms with Crippen LogP contribution in [0.2, 0.25) is 0 Å². The lowest BCUT2D eigenvalue weighted by Gasteiger charge is -2.13. The predicted octanol–water partition coefficient (Wildman–Crippen LogP) is 1.95.